The van der Waals surface area contributed by atoms with E-state index in [2.05, 4.69) is 33.7 Å². The van der Waals surface area contributed by atoms with Crippen LogP contribution < -0.4 is 4.74 Å². The zero-order valence-electron chi connectivity index (χ0n) is 13.8. The van der Waals surface area contributed by atoms with Crippen molar-refractivity contribution >= 4 is 10.9 Å². The Kier molecular flexibility index (Phi) is 4.53. The van der Waals surface area contributed by atoms with Gasteiger partial charge in [0.05, 0.1) is 19.8 Å². The lowest BCUT2D eigenvalue weighted by molar-refractivity contribution is 0.0358. The highest BCUT2D eigenvalue weighted by Crippen LogP contribution is 2.28. The van der Waals surface area contributed by atoms with Crippen molar-refractivity contribution in [3.63, 3.8) is 0 Å². The summed E-state index contributed by atoms with van der Waals surface area (Å²) in [5, 5.41) is 1.33. The summed E-state index contributed by atoms with van der Waals surface area (Å²) in [4.78, 5) is 2.46. The Morgan fingerprint density at radius 2 is 1.96 bits per heavy atom. The molecular formula is C19H26N2O2. The highest BCUT2D eigenvalue weighted by atomic mass is 16.5. The first kappa shape index (κ1) is 15.0. The third-order valence-corrected chi connectivity index (χ3v) is 5.01. The van der Waals surface area contributed by atoms with Gasteiger partial charge >= 0.3 is 0 Å². The molecule has 0 radical (unpaired) electrons. The third kappa shape index (κ3) is 3.38. The molecule has 1 aromatic carbocycles. The van der Waals surface area contributed by atoms with Crippen LogP contribution in [0.15, 0.2) is 24.3 Å². The third-order valence-electron chi connectivity index (χ3n) is 5.01. The summed E-state index contributed by atoms with van der Waals surface area (Å²) < 4.78 is 13.8. The predicted molar refractivity (Wildman–Crippen MR) is 92.2 cm³/mol. The number of nitrogens with zero attached hydrogens (tertiary/aromatic N) is 2. The van der Waals surface area contributed by atoms with Gasteiger partial charge in [0.2, 0.25) is 0 Å². The van der Waals surface area contributed by atoms with Gasteiger partial charge in [-0.3, -0.25) is 4.90 Å². The maximum Gasteiger partial charge on any atom is 0.120 e. The first-order valence-corrected chi connectivity index (χ1v) is 8.95. The van der Waals surface area contributed by atoms with Crippen LogP contribution in [-0.4, -0.2) is 48.9 Å². The lowest BCUT2D eigenvalue weighted by Gasteiger charge is -2.26. The fraction of sp³-hybridized carbons (Fsp3) is 0.579. The average Bonchev–Trinajstić information content (AvgIpc) is 2.97. The largest absolute Gasteiger partial charge is 0.494 e. The van der Waals surface area contributed by atoms with Crippen LogP contribution in [0, 0.1) is 0 Å². The van der Waals surface area contributed by atoms with Crippen LogP contribution in [-0.2, 0) is 17.7 Å². The highest BCUT2D eigenvalue weighted by molar-refractivity contribution is 5.83. The molecule has 4 nitrogen and oxygen atoms in total. The number of hydrogen-bond acceptors (Lipinski definition) is 3. The highest BCUT2D eigenvalue weighted by Gasteiger charge is 2.13. The topological polar surface area (TPSA) is 26.6 Å². The van der Waals surface area contributed by atoms with Crippen molar-refractivity contribution in [3.8, 4) is 5.75 Å². The lowest BCUT2D eigenvalue weighted by Crippen LogP contribution is -2.37. The molecule has 0 spiro atoms. The zero-order valence-corrected chi connectivity index (χ0v) is 13.8. The van der Waals surface area contributed by atoms with Crippen LogP contribution in [0.5, 0.6) is 5.75 Å². The van der Waals surface area contributed by atoms with Crippen molar-refractivity contribution in [2.75, 3.05) is 39.5 Å². The van der Waals surface area contributed by atoms with Crippen molar-refractivity contribution in [1.29, 1.82) is 0 Å². The monoisotopic (exact) mass is 314 g/mol. The van der Waals surface area contributed by atoms with Crippen molar-refractivity contribution in [2.24, 2.45) is 0 Å². The standard InChI is InChI=1S/C19H26N2O2/c1-2-8-21-17(4-1)14-16-15-18(5-6-19(16)21)23-11-3-7-20-9-12-22-13-10-20/h5-6,14-15H,1-4,7-13H2. The van der Waals surface area contributed by atoms with Crippen molar-refractivity contribution in [2.45, 2.75) is 32.2 Å². The molecule has 1 saturated heterocycles. The summed E-state index contributed by atoms with van der Waals surface area (Å²) in [6.45, 7) is 6.92. The Bertz CT molecular complexity index is 659. The molecule has 3 heterocycles. The Hall–Kier alpha value is -1.52. The van der Waals surface area contributed by atoms with E-state index in [0.717, 1.165) is 51.6 Å². The Morgan fingerprint density at radius 3 is 2.87 bits per heavy atom. The van der Waals surface area contributed by atoms with Gasteiger partial charge in [-0.15, -0.1) is 0 Å². The number of ether oxygens (including phenoxy) is 2. The molecule has 124 valence electrons. The van der Waals surface area contributed by atoms with Gasteiger partial charge in [-0.25, -0.2) is 0 Å². The van der Waals surface area contributed by atoms with E-state index in [0.29, 0.717) is 0 Å². The maximum absolute atomic E-state index is 5.97. The minimum Gasteiger partial charge on any atom is -0.494 e. The zero-order chi connectivity index (χ0) is 15.5. The first-order valence-electron chi connectivity index (χ1n) is 8.95. The second-order valence-electron chi connectivity index (χ2n) is 6.62. The minimum absolute atomic E-state index is 0.788. The van der Waals surface area contributed by atoms with Gasteiger partial charge in [0.1, 0.15) is 5.75 Å². The SMILES string of the molecule is c1cc2c(cc1OCCCN1CCOCC1)cc1n2CCCC1. The molecule has 0 amide bonds. The van der Waals surface area contributed by atoms with E-state index in [9.17, 15) is 0 Å². The predicted octanol–water partition coefficient (Wildman–Crippen LogP) is 3.08. The summed E-state index contributed by atoms with van der Waals surface area (Å²) in [5.41, 5.74) is 2.84. The second kappa shape index (κ2) is 6.93. The quantitative estimate of drug-likeness (QED) is 0.794. The molecule has 2 aromatic rings. The van der Waals surface area contributed by atoms with E-state index in [1.165, 1.54) is 42.4 Å². The molecule has 0 bridgehead atoms. The molecule has 0 N–H and O–H groups in total. The van der Waals surface area contributed by atoms with Crippen LogP contribution in [0.25, 0.3) is 10.9 Å². The molecule has 4 rings (SSSR count). The number of hydrogen-bond donors (Lipinski definition) is 0. The van der Waals surface area contributed by atoms with Gasteiger partial charge in [0, 0.05) is 42.8 Å². The maximum atomic E-state index is 5.97. The Balaban J connectivity index is 1.34. The smallest absolute Gasteiger partial charge is 0.120 e. The summed E-state index contributed by atoms with van der Waals surface area (Å²) in [7, 11) is 0. The molecule has 4 heteroatoms. The molecule has 0 atom stereocenters. The molecule has 2 aliphatic rings. The number of morpholine rings is 1. The normalized spacial score (nSPS) is 19.0. The fourth-order valence-electron chi connectivity index (χ4n) is 3.75. The molecule has 1 aromatic heterocycles. The van der Waals surface area contributed by atoms with E-state index in [4.69, 9.17) is 9.47 Å². The number of benzene rings is 1. The number of aromatic nitrogens is 1. The van der Waals surface area contributed by atoms with Gasteiger partial charge in [0.25, 0.3) is 0 Å². The number of rotatable bonds is 5. The van der Waals surface area contributed by atoms with Crippen molar-refractivity contribution in [1.82, 2.24) is 9.47 Å². The van der Waals surface area contributed by atoms with Crippen LogP contribution in [0.1, 0.15) is 25.0 Å². The van der Waals surface area contributed by atoms with Gasteiger partial charge in [-0.1, -0.05) is 0 Å². The van der Waals surface area contributed by atoms with E-state index in [1.54, 1.807) is 0 Å². The van der Waals surface area contributed by atoms with Gasteiger partial charge in [0.15, 0.2) is 0 Å². The Morgan fingerprint density at radius 1 is 1.04 bits per heavy atom. The number of aryl methyl sites for hydroxylation is 2. The summed E-state index contributed by atoms with van der Waals surface area (Å²) in [6.07, 6.45) is 4.91. The molecule has 2 aliphatic heterocycles. The van der Waals surface area contributed by atoms with Crippen LogP contribution >= 0.6 is 0 Å². The van der Waals surface area contributed by atoms with E-state index >= 15 is 0 Å². The molecule has 0 unspecified atom stereocenters. The van der Waals surface area contributed by atoms with Crippen molar-refractivity contribution in [3.05, 3.63) is 30.0 Å². The molecule has 23 heavy (non-hydrogen) atoms. The van der Waals surface area contributed by atoms with Gasteiger partial charge in [-0.05, 0) is 49.9 Å². The van der Waals surface area contributed by atoms with E-state index in [-0.39, 0.29) is 0 Å². The molecule has 0 aliphatic carbocycles. The Labute approximate surface area is 138 Å². The minimum atomic E-state index is 0.788. The number of fused-ring (bicyclic) bond motifs is 3. The van der Waals surface area contributed by atoms with Crippen LogP contribution in [0.3, 0.4) is 0 Å². The summed E-state index contributed by atoms with van der Waals surface area (Å²) >= 11 is 0. The summed E-state index contributed by atoms with van der Waals surface area (Å²) in [6, 6.07) is 8.89. The summed E-state index contributed by atoms with van der Waals surface area (Å²) in [5.74, 6) is 1.00. The van der Waals surface area contributed by atoms with Crippen molar-refractivity contribution < 1.29 is 9.47 Å². The average molecular weight is 314 g/mol. The first-order chi connectivity index (χ1) is 11.4. The lowest BCUT2D eigenvalue weighted by atomic mass is 10.1. The molecule has 1 fully saturated rings. The van der Waals surface area contributed by atoms with Crippen LogP contribution in [0.4, 0.5) is 0 Å². The van der Waals surface area contributed by atoms with E-state index in [1.807, 2.05) is 0 Å². The fourth-order valence-corrected chi connectivity index (χ4v) is 3.75. The molecule has 0 saturated carbocycles. The van der Waals surface area contributed by atoms with Gasteiger partial charge in [-0.2, -0.15) is 0 Å². The second-order valence-corrected chi connectivity index (χ2v) is 6.62. The van der Waals surface area contributed by atoms with Gasteiger partial charge < -0.3 is 14.0 Å². The molecular weight excluding hydrogens is 288 g/mol. The van der Waals surface area contributed by atoms with Crippen LogP contribution in [0.2, 0.25) is 0 Å². The van der Waals surface area contributed by atoms with E-state index < -0.39 is 0 Å².